The van der Waals surface area contributed by atoms with Crippen LogP contribution in [0.2, 0.25) is 0 Å². The molecule has 0 bridgehead atoms. The largest absolute Gasteiger partial charge is 0.0683 e. The molecule has 0 nitrogen and oxygen atoms in total. The minimum absolute atomic E-state index is 2.00. The standard InChI is InChI=1S/5C2H6/c5*1-2/h5*1-2H3. The molecule has 0 rings (SSSR count). The van der Waals surface area contributed by atoms with Crippen molar-refractivity contribution in [2.75, 3.05) is 0 Å². The van der Waals surface area contributed by atoms with Crippen molar-refractivity contribution in [1.29, 1.82) is 0 Å². The zero-order valence-electron chi connectivity index (χ0n) is 10.0. The maximum absolute atomic E-state index is 2.00. The summed E-state index contributed by atoms with van der Waals surface area (Å²) in [5.74, 6) is 0. The molecule has 0 amide bonds. The highest BCUT2D eigenvalue weighted by atomic mass is 13.0. The third-order valence-corrected chi connectivity index (χ3v) is 0. The molecule has 0 heteroatoms. The Bertz CT molecular complexity index is 0. The van der Waals surface area contributed by atoms with Crippen LogP contribution in [0.4, 0.5) is 0 Å². The van der Waals surface area contributed by atoms with Gasteiger partial charge in [-0.2, -0.15) is 0 Å². The maximum atomic E-state index is 2.00. The molecule has 0 fully saturated rings. The summed E-state index contributed by atoms with van der Waals surface area (Å²) in [6.45, 7) is 20.0. The third-order valence-electron chi connectivity index (χ3n) is 0. The first kappa shape index (κ1) is 32.4. The molecule has 0 aliphatic rings. The third kappa shape index (κ3) is 0. The molecule has 0 unspecified atom stereocenters. The predicted octanol–water partition coefficient (Wildman–Crippen LogP) is 5.13. The Kier molecular flexibility index (Phi) is 0. The topological polar surface area (TPSA) is 0 Å². The summed E-state index contributed by atoms with van der Waals surface area (Å²) in [5.41, 5.74) is 0. The smallest absolute Gasteiger partial charge is 0.0683 e. The second-order valence-corrected chi connectivity index (χ2v) is 0. The molecule has 0 radical (unpaired) electrons. The lowest BCUT2D eigenvalue weighted by Crippen LogP contribution is -0.856. The van der Waals surface area contributed by atoms with Crippen LogP contribution in [0.5, 0.6) is 0 Å². The van der Waals surface area contributed by atoms with Crippen molar-refractivity contribution in [2.24, 2.45) is 0 Å². The quantitative estimate of drug-likeness (QED) is 0.449. The van der Waals surface area contributed by atoms with Crippen LogP contribution in [0, 0.1) is 0 Å². The molecular weight excluding hydrogens is 120 g/mol. The Morgan fingerprint density at radius 1 is 0.200 bits per heavy atom. The van der Waals surface area contributed by atoms with Crippen molar-refractivity contribution in [3.8, 4) is 0 Å². The first-order chi connectivity index (χ1) is 5.00. The van der Waals surface area contributed by atoms with Crippen LogP contribution >= 0.6 is 0 Å². The molecule has 0 heterocycles. The second kappa shape index (κ2) is 0. The summed E-state index contributed by atoms with van der Waals surface area (Å²) in [6, 6.07) is 0. The average Bonchev–Trinajstić information content (AvgIpc) is 2.20. The van der Waals surface area contributed by atoms with Gasteiger partial charge in [0.1, 0.15) is 0 Å². The molecule has 70 valence electrons. The van der Waals surface area contributed by atoms with E-state index in [9.17, 15) is 0 Å². The van der Waals surface area contributed by atoms with Gasteiger partial charge in [-0.15, -0.1) is 0 Å². The van der Waals surface area contributed by atoms with Gasteiger partial charge in [0.25, 0.3) is 0 Å². The van der Waals surface area contributed by atoms with E-state index < -0.39 is 0 Å². The molecule has 0 aliphatic heterocycles. The zero-order valence-corrected chi connectivity index (χ0v) is 10.0. The van der Waals surface area contributed by atoms with Crippen molar-refractivity contribution >= 4 is 0 Å². The van der Waals surface area contributed by atoms with E-state index in [1.54, 1.807) is 0 Å². The van der Waals surface area contributed by atoms with E-state index in [0.717, 1.165) is 0 Å². The zero-order chi connectivity index (χ0) is 10.0. The number of hydrogen-bond acceptors (Lipinski definition) is 0. The monoisotopic (exact) mass is 150 g/mol. The van der Waals surface area contributed by atoms with Gasteiger partial charge in [0.05, 0.1) is 0 Å². The summed E-state index contributed by atoms with van der Waals surface area (Å²) in [6.07, 6.45) is 0. The van der Waals surface area contributed by atoms with Crippen molar-refractivity contribution in [3.05, 3.63) is 0 Å². The van der Waals surface area contributed by atoms with Gasteiger partial charge in [-0.05, 0) is 0 Å². The van der Waals surface area contributed by atoms with Gasteiger partial charge in [-0.25, -0.2) is 0 Å². The lowest BCUT2D eigenvalue weighted by atomic mass is 11.0. The highest BCUT2D eigenvalue weighted by Crippen LogP contribution is 1.15. The van der Waals surface area contributed by atoms with E-state index in [0.29, 0.717) is 0 Å². The Morgan fingerprint density at radius 3 is 0.200 bits per heavy atom. The van der Waals surface area contributed by atoms with E-state index in [-0.39, 0.29) is 0 Å². The maximum Gasteiger partial charge on any atom is -0.0683 e. The molecular formula is C10H30. The highest BCUT2D eigenvalue weighted by Gasteiger charge is 0.940. The predicted molar refractivity (Wildman–Crippen MR) is 56.7 cm³/mol. The summed E-state index contributed by atoms with van der Waals surface area (Å²) >= 11 is 0. The van der Waals surface area contributed by atoms with Gasteiger partial charge in [0, 0.05) is 0 Å². The molecule has 0 aromatic heterocycles. The Balaban J connectivity index is -0.0000000104. The minimum atomic E-state index is 2.00. The van der Waals surface area contributed by atoms with Gasteiger partial charge in [-0.1, -0.05) is 69.2 Å². The lowest BCUT2D eigenvalue weighted by Gasteiger charge is -1.07. The normalized spacial score (nSPS) is 3.00. The molecule has 0 saturated heterocycles. The fraction of sp³-hybridized carbons (Fsp3) is 1.00. The van der Waals surface area contributed by atoms with Crippen LogP contribution in [0.25, 0.3) is 0 Å². The van der Waals surface area contributed by atoms with Crippen LogP contribution in [-0.2, 0) is 0 Å². The molecule has 0 aromatic carbocycles. The summed E-state index contributed by atoms with van der Waals surface area (Å²) in [7, 11) is 0. The summed E-state index contributed by atoms with van der Waals surface area (Å²) < 4.78 is 0. The molecule has 0 spiro atoms. The van der Waals surface area contributed by atoms with E-state index in [1.807, 2.05) is 69.2 Å². The van der Waals surface area contributed by atoms with Crippen molar-refractivity contribution in [3.63, 3.8) is 0 Å². The Labute approximate surface area is 70.0 Å². The van der Waals surface area contributed by atoms with E-state index in [2.05, 4.69) is 0 Å². The van der Waals surface area contributed by atoms with Crippen molar-refractivity contribution in [1.82, 2.24) is 0 Å². The Hall–Kier alpha value is 0. The van der Waals surface area contributed by atoms with Gasteiger partial charge >= 0.3 is 0 Å². The van der Waals surface area contributed by atoms with Crippen LogP contribution in [-0.4, -0.2) is 0 Å². The summed E-state index contributed by atoms with van der Waals surface area (Å²) in [5, 5.41) is 0. The van der Waals surface area contributed by atoms with Crippen molar-refractivity contribution < 1.29 is 0 Å². The fourth-order valence-electron chi connectivity index (χ4n) is 0. The molecule has 0 saturated carbocycles. The molecule has 10 heavy (non-hydrogen) atoms. The number of rotatable bonds is 0. The fourth-order valence-corrected chi connectivity index (χ4v) is 0. The van der Waals surface area contributed by atoms with E-state index >= 15 is 0 Å². The lowest BCUT2D eigenvalue weighted by molar-refractivity contribution is 1.50. The molecule has 0 atom stereocenters. The van der Waals surface area contributed by atoms with Crippen LogP contribution in [0.1, 0.15) is 69.2 Å². The Morgan fingerprint density at radius 2 is 0.200 bits per heavy atom. The summed E-state index contributed by atoms with van der Waals surface area (Å²) in [4.78, 5) is 0. The first-order valence-corrected chi connectivity index (χ1v) is 5.00. The first-order valence-electron chi connectivity index (χ1n) is 5.00. The van der Waals surface area contributed by atoms with E-state index in [1.165, 1.54) is 0 Å². The number of hydrogen-bond donors (Lipinski definition) is 0. The highest BCUT2D eigenvalue weighted by molar-refractivity contribution is 3.51. The second-order valence-electron chi connectivity index (χ2n) is 0. The van der Waals surface area contributed by atoms with E-state index in [4.69, 9.17) is 0 Å². The van der Waals surface area contributed by atoms with Crippen LogP contribution in [0.15, 0.2) is 0 Å². The van der Waals surface area contributed by atoms with Crippen LogP contribution < -0.4 is 0 Å². The molecule has 0 aromatic rings. The van der Waals surface area contributed by atoms with Crippen LogP contribution in [0.3, 0.4) is 0 Å². The van der Waals surface area contributed by atoms with Gasteiger partial charge in [-0.3, -0.25) is 0 Å². The molecule has 0 aliphatic carbocycles. The van der Waals surface area contributed by atoms with Gasteiger partial charge < -0.3 is 0 Å². The SMILES string of the molecule is CC.CC.CC.CC.CC. The average molecular weight is 150 g/mol. The minimum Gasteiger partial charge on any atom is -0.0683 e. The van der Waals surface area contributed by atoms with Gasteiger partial charge in [0.2, 0.25) is 0 Å². The van der Waals surface area contributed by atoms with Crippen molar-refractivity contribution in [2.45, 2.75) is 69.2 Å². The van der Waals surface area contributed by atoms with Gasteiger partial charge in [0.15, 0.2) is 0 Å². The molecule has 0 N–H and O–H groups in total.